The fourth-order valence-electron chi connectivity index (χ4n) is 4.11. The molecule has 0 unspecified atom stereocenters. The average Bonchev–Trinajstić information content (AvgIpc) is 3.01. The van der Waals surface area contributed by atoms with Crippen LogP contribution in [0, 0.1) is 0 Å². The van der Waals surface area contributed by atoms with Crippen LogP contribution >= 0.6 is 0 Å². The lowest BCUT2D eigenvalue weighted by atomic mass is 10.1. The summed E-state index contributed by atoms with van der Waals surface area (Å²) in [5.41, 5.74) is -4.08. The SMILES string of the molecule is COc1ccc(Oc2c(N(C(=O)c3ccccc3)C(F)(F)F)cc(C(=O)O)nc2N(C(=O)c2ccccc2)C(F)(F)F)c(OC)c1. The van der Waals surface area contributed by atoms with E-state index in [1.807, 2.05) is 0 Å². The Labute approximate surface area is 256 Å². The first kappa shape index (κ1) is 33.1. The first-order valence-electron chi connectivity index (χ1n) is 12.8. The highest BCUT2D eigenvalue weighted by atomic mass is 19.4. The van der Waals surface area contributed by atoms with E-state index in [1.54, 1.807) is 0 Å². The van der Waals surface area contributed by atoms with Crippen LogP contribution in [0.1, 0.15) is 31.2 Å². The number of carbonyl (C=O) groups excluding carboxylic acids is 2. The number of aromatic nitrogens is 1. The van der Waals surface area contributed by atoms with Crippen LogP contribution in [0.15, 0.2) is 84.9 Å². The maximum absolute atomic E-state index is 14.8. The molecule has 0 aliphatic rings. The minimum atomic E-state index is -5.72. The van der Waals surface area contributed by atoms with Gasteiger partial charge in [0, 0.05) is 17.2 Å². The first-order valence-corrected chi connectivity index (χ1v) is 12.8. The maximum Gasteiger partial charge on any atom is 0.493 e. The second kappa shape index (κ2) is 13.1. The number of hydrogen-bond donors (Lipinski definition) is 1. The highest BCUT2D eigenvalue weighted by Gasteiger charge is 2.49. The molecule has 0 saturated heterocycles. The van der Waals surface area contributed by atoms with Gasteiger partial charge in [0.15, 0.2) is 28.8 Å². The number of nitrogens with zero attached hydrogens (tertiary/aromatic N) is 3. The molecule has 1 heterocycles. The first-order chi connectivity index (χ1) is 21.7. The van der Waals surface area contributed by atoms with Gasteiger partial charge < -0.3 is 19.3 Å². The molecule has 0 spiro atoms. The highest BCUT2D eigenvalue weighted by molar-refractivity contribution is 6.11. The normalized spacial score (nSPS) is 11.4. The molecule has 0 bridgehead atoms. The Bertz CT molecular complexity index is 1660. The second-order valence-electron chi connectivity index (χ2n) is 9.05. The zero-order valence-electron chi connectivity index (χ0n) is 23.6. The topological polar surface area (TPSA) is 119 Å². The molecule has 3 aromatic carbocycles. The van der Waals surface area contributed by atoms with Gasteiger partial charge in [-0.15, -0.1) is 26.3 Å². The molecule has 10 nitrogen and oxygen atoms in total. The summed E-state index contributed by atoms with van der Waals surface area (Å²) in [6.07, 6.45) is -11.4. The molecule has 4 rings (SSSR count). The molecule has 1 aromatic heterocycles. The fourth-order valence-corrected chi connectivity index (χ4v) is 4.11. The van der Waals surface area contributed by atoms with E-state index in [4.69, 9.17) is 14.2 Å². The highest BCUT2D eigenvalue weighted by Crippen LogP contribution is 2.48. The molecule has 4 aromatic rings. The van der Waals surface area contributed by atoms with Gasteiger partial charge in [0.1, 0.15) is 11.4 Å². The third kappa shape index (κ3) is 6.95. The molecule has 0 aliphatic carbocycles. The van der Waals surface area contributed by atoms with Crippen LogP contribution in [0.5, 0.6) is 23.0 Å². The Balaban J connectivity index is 2.14. The number of hydrogen-bond acceptors (Lipinski definition) is 7. The Morgan fingerprint density at radius 3 is 1.67 bits per heavy atom. The van der Waals surface area contributed by atoms with Gasteiger partial charge in [0.25, 0.3) is 11.8 Å². The van der Waals surface area contributed by atoms with Gasteiger partial charge in [0.05, 0.1) is 14.2 Å². The van der Waals surface area contributed by atoms with Crippen molar-refractivity contribution >= 4 is 29.3 Å². The largest absolute Gasteiger partial charge is 0.497 e. The quantitative estimate of drug-likeness (QED) is 0.153. The van der Waals surface area contributed by atoms with Gasteiger partial charge in [-0.25, -0.2) is 14.7 Å². The number of carboxylic acids is 1. The lowest BCUT2D eigenvalue weighted by Gasteiger charge is -2.31. The monoisotopic (exact) mass is 649 g/mol. The van der Waals surface area contributed by atoms with Crippen LogP contribution in [-0.2, 0) is 0 Å². The van der Waals surface area contributed by atoms with Gasteiger partial charge in [-0.1, -0.05) is 36.4 Å². The molecule has 0 aliphatic heterocycles. The average molecular weight is 650 g/mol. The Morgan fingerprint density at radius 2 is 1.22 bits per heavy atom. The minimum absolute atomic E-state index is 0.149. The summed E-state index contributed by atoms with van der Waals surface area (Å²) in [6, 6.07) is 15.3. The number of alkyl halides is 6. The van der Waals surface area contributed by atoms with Crippen molar-refractivity contribution in [2.75, 3.05) is 24.0 Å². The molecule has 46 heavy (non-hydrogen) atoms. The van der Waals surface area contributed by atoms with E-state index in [1.165, 1.54) is 55.6 Å². The standard InChI is InChI=1S/C30H21F6N3O7/c1-44-19-13-14-22(23(15-19)45-2)46-24-21(38(29(31,32)33)26(40)17-9-5-3-6-10-17)16-20(28(42)43)37-25(24)39(30(34,35)36)27(41)18-11-7-4-8-12-18/h3-16H,1-2H3,(H,42,43). The third-order valence-corrected chi connectivity index (χ3v) is 6.14. The van der Waals surface area contributed by atoms with Crippen molar-refractivity contribution in [2.24, 2.45) is 0 Å². The van der Waals surface area contributed by atoms with Crippen molar-refractivity contribution in [1.82, 2.24) is 4.98 Å². The van der Waals surface area contributed by atoms with E-state index in [-0.39, 0.29) is 17.6 Å². The lowest BCUT2D eigenvalue weighted by Crippen LogP contribution is -2.46. The lowest BCUT2D eigenvalue weighted by molar-refractivity contribution is -0.123. The van der Waals surface area contributed by atoms with Crippen LogP contribution in [0.3, 0.4) is 0 Å². The van der Waals surface area contributed by atoms with E-state index in [0.717, 1.165) is 37.4 Å². The minimum Gasteiger partial charge on any atom is -0.497 e. The number of aromatic carboxylic acids is 1. The molecule has 16 heteroatoms. The molecular formula is C30H21F6N3O7. The summed E-state index contributed by atoms with van der Waals surface area (Å²) >= 11 is 0. The molecular weight excluding hydrogens is 628 g/mol. The van der Waals surface area contributed by atoms with E-state index in [2.05, 4.69) is 4.98 Å². The summed E-state index contributed by atoms with van der Waals surface area (Å²) < 4.78 is 104. The van der Waals surface area contributed by atoms with Gasteiger partial charge in [-0.2, -0.15) is 4.90 Å². The zero-order valence-corrected chi connectivity index (χ0v) is 23.6. The number of pyridine rings is 1. The number of carboxylic acid groups (broad SMARTS) is 1. The maximum atomic E-state index is 14.8. The van der Waals surface area contributed by atoms with Gasteiger partial charge >= 0.3 is 18.6 Å². The van der Waals surface area contributed by atoms with Crippen molar-refractivity contribution < 1.29 is 60.0 Å². The van der Waals surface area contributed by atoms with Crippen molar-refractivity contribution in [3.8, 4) is 23.0 Å². The van der Waals surface area contributed by atoms with Gasteiger partial charge in [-0.3, -0.25) is 9.59 Å². The van der Waals surface area contributed by atoms with Crippen LogP contribution < -0.4 is 24.0 Å². The number of halogens is 6. The predicted octanol–water partition coefficient (Wildman–Crippen LogP) is 6.92. The molecule has 0 saturated carbocycles. The second-order valence-corrected chi connectivity index (χ2v) is 9.05. The number of amides is 2. The van der Waals surface area contributed by atoms with Crippen molar-refractivity contribution in [1.29, 1.82) is 0 Å². The summed E-state index contributed by atoms with van der Waals surface area (Å²) in [6.45, 7) is 0. The molecule has 0 radical (unpaired) electrons. The van der Waals surface area contributed by atoms with E-state index in [9.17, 15) is 45.8 Å². The number of rotatable bonds is 9. The molecule has 0 fully saturated rings. The number of ether oxygens (including phenoxy) is 3. The summed E-state index contributed by atoms with van der Waals surface area (Å²) in [5, 5.41) is 9.73. The molecule has 0 atom stereocenters. The van der Waals surface area contributed by atoms with Crippen LogP contribution in [0.25, 0.3) is 0 Å². The molecule has 1 N–H and O–H groups in total. The van der Waals surface area contributed by atoms with Crippen molar-refractivity contribution in [3.05, 3.63) is 102 Å². The van der Waals surface area contributed by atoms with Crippen LogP contribution in [-0.4, -0.2) is 54.7 Å². The Morgan fingerprint density at radius 1 is 0.696 bits per heavy atom. The Hall–Kier alpha value is -5.80. The third-order valence-electron chi connectivity index (χ3n) is 6.14. The predicted molar refractivity (Wildman–Crippen MR) is 149 cm³/mol. The van der Waals surface area contributed by atoms with Crippen LogP contribution in [0.2, 0.25) is 0 Å². The molecule has 240 valence electrons. The summed E-state index contributed by atoms with van der Waals surface area (Å²) in [7, 11) is 2.38. The van der Waals surface area contributed by atoms with E-state index >= 15 is 0 Å². The van der Waals surface area contributed by atoms with Gasteiger partial charge in [0.2, 0.25) is 0 Å². The van der Waals surface area contributed by atoms with Gasteiger partial charge in [-0.05, 0) is 42.5 Å². The van der Waals surface area contributed by atoms with Crippen molar-refractivity contribution in [2.45, 2.75) is 12.6 Å². The van der Waals surface area contributed by atoms with E-state index in [0.29, 0.717) is 0 Å². The van der Waals surface area contributed by atoms with Crippen LogP contribution in [0.4, 0.5) is 37.8 Å². The number of carbonyl (C=O) groups is 3. The molecule has 2 amide bonds. The Kier molecular flexibility index (Phi) is 9.39. The van der Waals surface area contributed by atoms with Crippen molar-refractivity contribution in [3.63, 3.8) is 0 Å². The zero-order chi connectivity index (χ0) is 33.8. The number of methoxy groups -OCH3 is 2. The van der Waals surface area contributed by atoms with E-state index < -0.39 is 80.0 Å². The number of benzene rings is 3. The summed E-state index contributed by atoms with van der Waals surface area (Å²) in [5.74, 6) is -9.56. The summed E-state index contributed by atoms with van der Waals surface area (Å²) in [4.78, 5) is 40.3. The fraction of sp³-hybridized carbons (Fsp3) is 0.133. The smallest absolute Gasteiger partial charge is 0.493 e. The number of anilines is 2.